The number of halogens is 1. The third kappa shape index (κ3) is 6.41. The Balaban J connectivity index is 1.54. The summed E-state index contributed by atoms with van der Waals surface area (Å²) >= 11 is 3.43. The molecule has 1 heterocycles. The molecule has 0 unspecified atom stereocenters. The van der Waals surface area contributed by atoms with Crippen LogP contribution in [0.2, 0.25) is 5.04 Å². The molecule has 1 aliphatic heterocycles. The molecule has 5 nitrogen and oxygen atoms in total. The molecule has 0 bridgehead atoms. The lowest BCUT2D eigenvalue weighted by Crippen LogP contribution is -2.68. The first-order valence-electron chi connectivity index (χ1n) is 12.7. The van der Waals surface area contributed by atoms with E-state index in [4.69, 9.17) is 13.9 Å². The fourth-order valence-corrected chi connectivity index (χ4v) is 10.00. The molecule has 0 amide bonds. The van der Waals surface area contributed by atoms with Crippen LogP contribution in [-0.4, -0.2) is 44.3 Å². The number of hydrogen-bond donors (Lipinski definition) is 1. The Labute approximate surface area is 229 Å². The van der Waals surface area contributed by atoms with Crippen LogP contribution >= 0.6 is 15.9 Å². The monoisotopic (exact) mass is 582 g/mol. The van der Waals surface area contributed by atoms with E-state index in [1.54, 1.807) is 0 Å². The third-order valence-corrected chi connectivity index (χ3v) is 12.5. The minimum absolute atomic E-state index is 0.117. The van der Waals surface area contributed by atoms with Crippen LogP contribution in [0.3, 0.4) is 0 Å². The lowest BCUT2D eigenvalue weighted by atomic mass is 10.1. The molecule has 7 heteroatoms. The Hall–Kier alpha value is -2.29. The van der Waals surface area contributed by atoms with Crippen molar-refractivity contribution >= 4 is 40.6 Å². The Bertz CT molecular complexity index is 1110. The Kier molecular flexibility index (Phi) is 9.03. The second-order valence-corrected chi connectivity index (χ2v) is 15.7. The summed E-state index contributed by atoms with van der Waals surface area (Å²) in [5.41, 5.74) is 1.05. The van der Waals surface area contributed by atoms with Gasteiger partial charge in [-0.3, -0.25) is 4.79 Å². The van der Waals surface area contributed by atoms with Gasteiger partial charge in [0, 0.05) is 17.5 Å². The summed E-state index contributed by atoms with van der Waals surface area (Å²) in [7, 11) is -2.90. The smallest absolute Gasteiger partial charge is 0.308 e. The Morgan fingerprint density at radius 3 is 2.08 bits per heavy atom. The van der Waals surface area contributed by atoms with Crippen LogP contribution in [0.1, 0.15) is 39.2 Å². The number of carbonyl (C=O) groups excluding carboxylic acids is 1. The van der Waals surface area contributed by atoms with Gasteiger partial charge in [0.15, 0.2) is 6.10 Å². The molecule has 37 heavy (non-hydrogen) atoms. The first kappa shape index (κ1) is 27.7. The van der Waals surface area contributed by atoms with Crippen LogP contribution < -0.4 is 10.4 Å². The summed E-state index contributed by atoms with van der Waals surface area (Å²) < 4.78 is 19.6. The van der Waals surface area contributed by atoms with Gasteiger partial charge in [0.25, 0.3) is 8.32 Å². The zero-order valence-corrected chi connectivity index (χ0v) is 24.2. The molecule has 0 saturated carbocycles. The quantitative estimate of drug-likeness (QED) is 0.207. The number of esters is 1. The van der Waals surface area contributed by atoms with E-state index in [2.05, 4.69) is 61.0 Å². The van der Waals surface area contributed by atoms with Gasteiger partial charge in [-0.25, -0.2) is 0 Å². The van der Waals surface area contributed by atoms with Crippen LogP contribution in [-0.2, 0) is 25.3 Å². The maximum atomic E-state index is 12.5. The van der Waals surface area contributed by atoms with E-state index in [1.165, 1.54) is 0 Å². The normalized spacial score (nSPS) is 19.0. The van der Waals surface area contributed by atoms with E-state index in [0.717, 1.165) is 20.4 Å². The number of cyclic esters (lactones) is 1. The molecule has 4 rings (SSSR count). The number of carbonyl (C=O) groups is 1. The van der Waals surface area contributed by atoms with Gasteiger partial charge < -0.3 is 19.0 Å². The summed E-state index contributed by atoms with van der Waals surface area (Å²) in [6, 6.07) is 28.5. The Morgan fingerprint density at radius 2 is 1.54 bits per heavy atom. The fraction of sp³-hybridized carbons (Fsp3) is 0.367. The molecule has 0 aliphatic carbocycles. The predicted octanol–water partition coefficient (Wildman–Crippen LogP) is 4.98. The minimum atomic E-state index is -2.90. The topological polar surface area (TPSA) is 65.0 Å². The minimum Gasteiger partial charge on any atom is -0.457 e. The highest BCUT2D eigenvalue weighted by molar-refractivity contribution is 9.10. The highest BCUT2D eigenvalue weighted by Gasteiger charge is 2.54. The van der Waals surface area contributed by atoms with E-state index in [-0.39, 0.29) is 17.4 Å². The van der Waals surface area contributed by atoms with Crippen molar-refractivity contribution in [3.63, 3.8) is 0 Å². The van der Waals surface area contributed by atoms with Crippen molar-refractivity contribution in [2.45, 2.75) is 63.6 Å². The first-order chi connectivity index (χ1) is 17.7. The van der Waals surface area contributed by atoms with Crippen molar-refractivity contribution in [3.05, 3.63) is 95.0 Å². The molecule has 0 aromatic heterocycles. The molecular formula is C30H35BrO5Si. The van der Waals surface area contributed by atoms with E-state index in [9.17, 15) is 9.90 Å². The van der Waals surface area contributed by atoms with E-state index in [0.29, 0.717) is 19.6 Å². The van der Waals surface area contributed by atoms with Crippen molar-refractivity contribution in [2.75, 3.05) is 6.61 Å². The number of ether oxygens (including phenoxy) is 2. The van der Waals surface area contributed by atoms with E-state index < -0.39 is 26.6 Å². The average molecular weight is 584 g/mol. The Morgan fingerprint density at radius 1 is 0.973 bits per heavy atom. The molecule has 1 fully saturated rings. The van der Waals surface area contributed by atoms with Gasteiger partial charge >= 0.3 is 5.97 Å². The molecule has 1 saturated heterocycles. The molecule has 3 aromatic carbocycles. The largest absolute Gasteiger partial charge is 0.457 e. The van der Waals surface area contributed by atoms with Crippen LogP contribution in [0.5, 0.6) is 0 Å². The summed E-state index contributed by atoms with van der Waals surface area (Å²) in [4.78, 5) is 12.5. The SMILES string of the molecule is CC(C)(C)[Si](O[C@H]1CC(=O)O[C@@H]1[C@H](O)CCOCc1ccc(Br)cc1)(c1ccccc1)c1ccccc1. The predicted molar refractivity (Wildman–Crippen MR) is 151 cm³/mol. The summed E-state index contributed by atoms with van der Waals surface area (Å²) in [5, 5.41) is 13.1. The second-order valence-electron chi connectivity index (χ2n) is 10.5. The molecule has 196 valence electrons. The van der Waals surface area contributed by atoms with Gasteiger partial charge in [-0.2, -0.15) is 0 Å². The molecular weight excluding hydrogens is 548 g/mol. The number of aliphatic hydroxyl groups excluding tert-OH is 1. The lowest BCUT2D eigenvalue weighted by Gasteiger charge is -2.45. The summed E-state index contributed by atoms with van der Waals surface area (Å²) in [6.07, 6.45) is -1.73. The van der Waals surface area contributed by atoms with Gasteiger partial charge in [-0.1, -0.05) is 109 Å². The zero-order valence-electron chi connectivity index (χ0n) is 21.6. The number of rotatable bonds is 10. The molecule has 3 aromatic rings. The van der Waals surface area contributed by atoms with Gasteiger partial charge in [0.1, 0.15) is 0 Å². The fourth-order valence-electron chi connectivity index (χ4n) is 5.05. The second kappa shape index (κ2) is 12.0. The van der Waals surface area contributed by atoms with Crippen LogP contribution in [0.15, 0.2) is 89.4 Å². The molecule has 0 spiro atoms. The maximum Gasteiger partial charge on any atom is 0.308 e. The molecule has 1 N–H and O–H groups in total. The van der Waals surface area contributed by atoms with Gasteiger partial charge in [0.2, 0.25) is 0 Å². The summed E-state index contributed by atoms with van der Waals surface area (Å²) in [5.74, 6) is -0.345. The van der Waals surface area contributed by atoms with Gasteiger partial charge in [-0.05, 0) is 33.1 Å². The van der Waals surface area contributed by atoms with Crippen molar-refractivity contribution < 1.29 is 23.8 Å². The van der Waals surface area contributed by atoms with Crippen molar-refractivity contribution in [1.29, 1.82) is 0 Å². The standard InChI is InChI=1S/C30H35BrO5Si/c1-30(2,3)37(24-10-6-4-7-11-24,25-12-8-5-9-13-25)36-27-20-28(33)35-29(27)26(32)18-19-34-21-22-14-16-23(31)17-15-22/h4-17,26-27,29,32H,18-21H2,1-3H3/t26-,27+,29-/m1/s1. The lowest BCUT2D eigenvalue weighted by molar-refractivity contribution is -0.147. The highest BCUT2D eigenvalue weighted by atomic mass is 79.9. The van der Waals surface area contributed by atoms with Crippen LogP contribution in [0.25, 0.3) is 0 Å². The van der Waals surface area contributed by atoms with Crippen molar-refractivity contribution in [1.82, 2.24) is 0 Å². The number of benzene rings is 3. The molecule has 1 aliphatic rings. The zero-order chi connectivity index (χ0) is 26.5. The van der Waals surface area contributed by atoms with Crippen LogP contribution in [0, 0.1) is 0 Å². The van der Waals surface area contributed by atoms with Crippen molar-refractivity contribution in [2.24, 2.45) is 0 Å². The van der Waals surface area contributed by atoms with Crippen LogP contribution in [0.4, 0.5) is 0 Å². The van der Waals surface area contributed by atoms with Gasteiger partial charge in [-0.15, -0.1) is 0 Å². The van der Waals surface area contributed by atoms with Crippen molar-refractivity contribution in [3.8, 4) is 0 Å². The average Bonchev–Trinajstić information content (AvgIpc) is 3.26. The number of aliphatic hydroxyl groups is 1. The number of hydrogen-bond acceptors (Lipinski definition) is 5. The highest BCUT2D eigenvalue weighted by Crippen LogP contribution is 2.39. The van der Waals surface area contributed by atoms with E-state index in [1.807, 2.05) is 60.7 Å². The third-order valence-electron chi connectivity index (χ3n) is 6.87. The molecule has 3 atom stereocenters. The summed E-state index contributed by atoms with van der Waals surface area (Å²) in [6.45, 7) is 7.37. The maximum absolute atomic E-state index is 12.5. The van der Waals surface area contributed by atoms with Gasteiger partial charge in [0.05, 0.1) is 25.2 Å². The first-order valence-corrected chi connectivity index (χ1v) is 15.4. The van der Waals surface area contributed by atoms with E-state index >= 15 is 0 Å². The molecule has 0 radical (unpaired) electrons.